The predicted octanol–water partition coefficient (Wildman–Crippen LogP) is 5.10. The molecule has 5 rings (SSSR count). The smallest absolute Gasteiger partial charge is 0.253 e. The van der Waals surface area contributed by atoms with Crippen LogP contribution in [0.15, 0.2) is 89.1 Å². The molecule has 0 unspecified atom stereocenters. The Hall–Kier alpha value is -3.66. The molecule has 0 radical (unpaired) electrons. The third kappa shape index (κ3) is 4.73. The van der Waals surface area contributed by atoms with Crippen molar-refractivity contribution in [2.75, 3.05) is 26.2 Å². The monoisotopic (exact) mass is 520 g/mol. The van der Waals surface area contributed by atoms with Crippen LogP contribution in [0.2, 0.25) is 5.02 Å². The highest BCUT2D eigenvalue weighted by atomic mass is 35.5. The fourth-order valence-corrected chi connectivity index (χ4v) is 5.91. The van der Waals surface area contributed by atoms with Gasteiger partial charge in [-0.3, -0.25) is 4.79 Å². The number of nitrogens with zero attached hydrogens (tertiary/aromatic N) is 4. The number of halogens is 1. The van der Waals surface area contributed by atoms with Crippen molar-refractivity contribution in [2.45, 2.75) is 4.90 Å². The van der Waals surface area contributed by atoms with E-state index in [1.807, 2.05) is 0 Å². The molecule has 1 aliphatic heterocycles. The molecular formula is C26H21ClN4O4S. The number of carbonyl (C=O) groups is 1. The van der Waals surface area contributed by atoms with E-state index in [-0.39, 0.29) is 29.7 Å². The second-order valence-corrected chi connectivity index (χ2v) is 10.8. The molecule has 0 atom stereocenters. The van der Waals surface area contributed by atoms with Crippen LogP contribution in [0, 0.1) is 4.91 Å². The van der Waals surface area contributed by atoms with E-state index in [9.17, 15) is 18.1 Å². The minimum absolute atomic E-state index is 0.0913. The maximum Gasteiger partial charge on any atom is 0.253 e. The summed E-state index contributed by atoms with van der Waals surface area (Å²) >= 11 is 6.03. The average Bonchev–Trinajstić information content (AvgIpc) is 2.92. The van der Waals surface area contributed by atoms with Gasteiger partial charge in [0, 0.05) is 43.0 Å². The van der Waals surface area contributed by atoms with Crippen LogP contribution in [0.4, 0.5) is 5.82 Å². The largest absolute Gasteiger partial charge is 0.336 e. The lowest BCUT2D eigenvalue weighted by Gasteiger charge is -2.34. The molecule has 0 saturated carbocycles. The summed E-state index contributed by atoms with van der Waals surface area (Å²) in [5.74, 6) is -0.0697. The number of aromatic nitrogens is 1. The molecule has 0 bridgehead atoms. The molecule has 1 amide bonds. The Morgan fingerprint density at radius 1 is 0.833 bits per heavy atom. The van der Waals surface area contributed by atoms with Crippen molar-refractivity contribution >= 4 is 44.1 Å². The van der Waals surface area contributed by atoms with Crippen LogP contribution in [-0.4, -0.2) is 54.7 Å². The molecule has 2 heterocycles. The number of carbonyl (C=O) groups excluding carboxylic acids is 1. The third-order valence-corrected chi connectivity index (χ3v) is 8.37. The normalized spacial score (nSPS) is 14.6. The molecule has 10 heteroatoms. The lowest BCUT2D eigenvalue weighted by atomic mass is 10.0. The first-order valence-corrected chi connectivity index (χ1v) is 13.1. The minimum atomic E-state index is -3.69. The van der Waals surface area contributed by atoms with Gasteiger partial charge in [-0.05, 0) is 75.6 Å². The second kappa shape index (κ2) is 9.77. The minimum Gasteiger partial charge on any atom is -0.336 e. The van der Waals surface area contributed by atoms with Crippen LogP contribution >= 0.6 is 11.6 Å². The maximum absolute atomic E-state index is 13.2. The molecule has 0 N–H and O–H groups in total. The van der Waals surface area contributed by atoms with Crippen molar-refractivity contribution in [2.24, 2.45) is 5.18 Å². The van der Waals surface area contributed by atoms with Crippen molar-refractivity contribution in [1.82, 2.24) is 14.2 Å². The van der Waals surface area contributed by atoms with Crippen LogP contribution in [0.3, 0.4) is 0 Å². The van der Waals surface area contributed by atoms with Crippen molar-refractivity contribution < 1.29 is 13.2 Å². The van der Waals surface area contributed by atoms with Crippen molar-refractivity contribution in [3.05, 3.63) is 94.5 Å². The Kier molecular flexibility index (Phi) is 6.53. The number of sulfonamides is 1. The Bertz CT molecular complexity index is 1570. The second-order valence-electron chi connectivity index (χ2n) is 8.42. The summed E-state index contributed by atoms with van der Waals surface area (Å²) in [6.45, 7) is 1.01. The Morgan fingerprint density at radius 3 is 2.25 bits per heavy atom. The summed E-state index contributed by atoms with van der Waals surface area (Å²) in [5.41, 5.74) is 2.10. The highest BCUT2D eigenvalue weighted by Gasteiger charge is 2.30. The van der Waals surface area contributed by atoms with Crippen molar-refractivity contribution in [3.8, 4) is 11.1 Å². The molecule has 1 fully saturated rings. The van der Waals surface area contributed by atoms with Crippen LogP contribution in [0.25, 0.3) is 21.9 Å². The van der Waals surface area contributed by atoms with E-state index < -0.39 is 10.0 Å². The molecule has 3 aromatic carbocycles. The van der Waals surface area contributed by atoms with E-state index in [1.54, 1.807) is 77.7 Å². The molecule has 182 valence electrons. The number of benzene rings is 3. The number of hydrogen-bond donors (Lipinski definition) is 0. The van der Waals surface area contributed by atoms with Gasteiger partial charge in [-0.2, -0.15) is 4.31 Å². The summed E-state index contributed by atoms with van der Waals surface area (Å²) in [6.07, 6.45) is 1.51. The van der Waals surface area contributed by atoms with Gasteiger partial charge in [0.15, 0.2) is 5.82 Å². The quantitative estimate of drug-likeness (QED) is 0.341. The van der Waals surface area contributed by atoms with Crippen molar-refractivity contribution in [3.63, 3.8) is 0 Å². The molecule has 36 heavy (non-hydrogen) atoms. The van der Waals surface area contributed by atoms with Crippen LogP contribution in [0.1, 0.15) is 10.4 Å². The fraction of sp³-hybridized carbons (Fsp3) is 0.154. The van der Waals surface area contributed by atoms with Gasteiger partial charge in [-0.1, -0.05) is 35.9 Å². The summed E-state index contributed by atoms with van der Waals surface area (Å²) in [4.78, 5) is 29.5. The van der Waals surface area contributed by atoms with Gasteiger partial charge in [0.1, 0.15) is 0 Å². The van der Waals surface area contributed by atoms with E-state index in [4.69, 9.17) is 11.6 Å². The molecule has 0 spiro atoms. The number of amides is 1. The number of hydrogen-bond acceptors (Lipinski definition) is 6. The number of nitroso groups, excluding NO2 is 1. The first-order chi connectivity index (χ1) is 17.3. The van der Waals surface area contributed by atoms with Crippen LogP contribution in [-0.2, 0) is 10.0 Å². The topological polar surface area (TPSA) is 100 Å². The van der Waals surface area contributed by atoms with E-state index in [1.165, 1.54) is 10.5 Å². The van der Waals surface area contributed by atoms with E-state index in [0.29, 0.717) is 23.7 Å². The SMILES string of the molecule is O=Nc1cc(-c2ccc(C(=O)N3CCN(S(=O)(=O)c4ccc5cc(Cl)ccc5c4)CC3)cc2)ccn1. The average molecular weight is 521 g/mol. The zero-order valence-electron chi connectivity index (χ0n) is 19.0. The van der Waals surface area contributed by atoms with Gasteiger partial charge in [-0.25, -0.2) is 13.4 Å². The molecule has 1 aromatic heterocycles. The highest BCUT2D eigenvalue weighted by Crippen LogP contribution is 2.26. The maximum atomic E-state index is 13.2. The van der Waals surface area contributed by atoms with E-state index in [0.717, 1.165) is 21.9 Å². The van der Waals surface area contributed by atoms with Crippen molar-refractivity contribution in [1.29, 1.82) is 0 Å². The molecule has 4 aromatic rings. The summed E-state index contributed by atoms with van der Waals surface area (Å²) in [7, 11) is -3.69. The number of fused-ring (bicyclic) bond motifs is 1. The van der Waals surface area contributed by atoms with E-state index in [2.05, 4.69) is 10.2 Å². The lowest BCUT2D eigenvalue weighted by Crippen LogP contribution is -2.50. The first-order valence-electron chi connectivity index (χ1n) is 11.2. The van der Waals surface area contributed by atoms with E-state index >= 15 is 0 Å². The molecule has 0 aliphatic carbocycles. The summed E-state index contributed by atoms with van der Waals surface area (Å²) in [5, 5.41) is 5.10. The zero-order valence-corrected chi connectivity index (χ0v) is 20.6. The summed E-state index contributed by atoms with van der Waals surface area (Å²) < 4.78 is 27.9. The van der Waals surface area contributed by atoms with Gasteiger partial charge in [0.2, 0.25) is 10.0 Å². The van der Waals surface area contributed by atoms with Crippen LogP contribution in [0.5, 0.6) is 0 Å². The standard InChI is InChI=1S/C26H21ClN4O4S/c27-23-7-5-21-16-24(8-6-20(21)15-23)36(34,35)31-13-11-30(12-14-31)26(32)19-3-1-18(2-4-19)22-9-10-28-25(17-22)29-33/h1-10,15-17H,11-14H2. The molecule has 1 saturated heterocycles. The number of piperazine rings is 1. The Balaban J connectivity index is 1.26. The molecule has 1 aliphatic rings. The lowest BCUT2D eigenvalue weighted by molar-refractivity contribution is 0.0698. The molecular weight excluding hydrogens is 500 g/mol. The number of pyridine rings is 1. The van der Waals surface area contributed by atoms with Gasteiger partial charge in [0.25, 0.3) is 5.91 Å². The third-order valence-electron chi connectivity index (χ3n) is 6.24. The Morgan fingerprint density at radius 2 is 1.53 bits per heavy atom. The summed E-state index contributed by atoms with van der Waals surface area (Å²) in [6, 6.07) is 20.7. The van der Waals surface area contributed by atoms with Gasteiger partial charge < -0.3 is 4.90 Å². The Labute approximate surface area is 213 Å². The van der Waals surface area contributed by atoms with Crippen LogP contribution < -0.4 is 0 Å². The van der Waals surface area contributed by atoms with Gasteiger partial charge in [0.05, 0.1) is 4.90 Å². The first kappa shape index (κ1) is 24.1. The zero-order chi connectivity index (χ0) is 25.3. The predicted molar refractivity (Wildman–Crippen MR) is 139 cm³/mol. The van der Waals surface area contributed by atoms with Gasteiger partial charge in [-0.15, -0.1) is 4.91 Å². The highest BCUT2D eigenvalue weighted by molar-refractivity contribution is 7.89. The van der Waals surface area contributed by atoms with Gasteiger partial charge >= 0.3 is 0 Å². The fourth-order valence-electron chi connectivity index (χ4n) is 4.27. The molecule has 8 nitrogen and oxygen atoms in total. The number of rotatable bonds is 5.